The van der Waals surface area contributed by atoms with Gasteiger partial charge in [-0.15, -0.1) is 0 Å². The fourth-order valence-corrected chi connectivity index (χ4v) is 10.1. The second-order valence-electron chi connectivity index (χ2n) is 16.6. The molecule has 1 aliphatic rings. The summed E-state index contributed by atoms with van der Waals surface area (Å²) in [4.78, 5) is 2.38. The first-order valence-electron chi connectivity index (χ1n) is 20.9. The van der Waals surface area contributed by atoms with Gasteiger partial charge < -0.3 is 14.0 Å². The molecule has 12 rings (SSSR count). The van der Waals surface area contributed by atoms with E-state index in [4.69, 9.17) is 0 Å². The average molecular weight is 768 g/mol. The maximum atomic E-state index is 2.47. The Morgan fingerprint density at radius 3 is 1.67 bits per heavy atom. The number of para-hydroxylation sites is 4. The van der Waals surface area contributed by atoms with Crippen LogP contribution in [0.2, 0.25) is 0 Å². The number of nitrogens with zero attached hydrogens (tertiary/aromatic N) is 3. The van der Waals surface area contributed by atoms with E-state index in [1.54, 1.807) is 0 Å². The van der Waals surface area contributed by atoms with Gasteiger partial charge in [0.15, 0.2) is 0 Å². The summed E-state index contributed by atoms with van der Waals surface area (Å²) < 4.78 is 4.87. The first kappa shape index (κ1) is 34.4. The van der Waals surface area contributed by atoms with Crippen LogP contribution in [-0.4, -0.2) is 9.13 Å². The summed E-state index contributed by atoms with van der Waals surface area (Å²) in [5, 5.41) is 5.03. The van der Waals surface area contributed by atoms with E-state index in [9.17, 15) is 0 Å². The van der Waals surface area contributed by atoms with Crippen molar-refractivity contribution < 1.29 is 0 Å². The van der Waals surface area contributed by atoms with Crippen molar-refractivity contribution in [2.75, 3.05) is 4.90 Å². The number of rotatable bonds is 6. The van der Waals surface area contributed by atoms with Crippen molar-refractivity contribution in [3.8, 4) is 33.6 Å². The summed E-state index contributed by atoms with van der Waals surface area (Å²) in [6, 6.07) is 77.7. The molecule has 0 aliphatic heterocycles. The number of anilines is 3. The van der Waals surface area contributed by atoms with Crippen molar-refractivity contribution in [1.82, 2.24) is 9.13 Å². The van der Waals surface area contributed by atoms with Crippen LogP contribution in [0.15, 0.2) is 212 Å². The van der Waals surface area contributed by atoms with E-state index in [0.29, 0.717) is 0 Å². The summed E-state index contributed by atoms with van der Waals surface area (Å²) >= 11 is 0. The van der Waals surface area contributed by atoms with Crippen LogP contribution in [0.5, 0.6) is 0 Å². The molecule has 0 fully saturated rings. The molecule has 0 radical (unpaired) electrons. The van der Waals surface area contributed by atoms with Gasteiger partial charge in [-0.1, -0.05) is 147 Å². The Morgan fingerprint density at radius 2 is 0.917 bits per heavy atom. The highest BCUT2D eigenvalue weighted by Crippen LogP contribution is 2.51. The van der Waals surface area contributed by atoms with E-state index >= 15 is 0 Å². The Bertz CT molecular complexity index is 3430. The zero-order valence-corrected chi connectivity index (χ0v) is 33.5. The molecular formula is C57H41N3. The van der Waals surface area contributed by atoms with Crippen molar-refractivity contribution >= 4 is 60.7 Å². The smallest absolute Gasteiger partial charge is 0.0641 e. The molecule has 0 unspecified atom stereocenters. The molecule has 0 N–H and O–H groups in total. The lowest BCUT2D eigenvalue weighted by Crippen LogP contribution is -2.16. The minimum Gasteiger partial charge on any atom is -0.310 e. The predicted molar refractivity (Wildman–Crippen MR) is 253 cm³/mol. The van der Waals surface area contributed by atoms with E-state index in [0.717, 1.165) is 28.4 Å². The van der Waals surface area contributed by atoms with Gasteiger partial charge in [-0.3, -0.25) is 0 Å². The highest BCUT2D eigenvalue weighted by atomic mass is 15.1. The summed E-state index contributed by atoms with van der Waals surface area (Å²) in [5.74, 6) is 0. The molecule has 2 aromatic heterocycles. The minimum atomic E-state index is -0.0768. The Morgan fingerprint density at radius 1 is 0.367 bits per heavy atom. The second-order valence-corrected chi connectivity index (χ2v) is 16.6. The van der Waals surface area contributed by atoms with Crippen molar-refractivity contribution in [3.05, 3.63) is 223 Å². The maximum Gasteiger partial charge on any atom is 0.0641 e. The number of benzene rings is 9. The van der Waals surface area contributed by atoms with Gasteiger partial charge in [-0.25, -0.2) is 0 Å². The first-order chi connectivity index (χ1) is 29.5. The quantitative estimate of drug-likeness (QED) is 0.164. The molecule has 9 aromatic carbocycles. The average Bonchev–Trinajstić information content (AvgIpc) is 3.90. The van der Waals surface area contributed by atoms with Crippen molar-refractivity contribution in [2.45, 2.75) is 19.3 Å². The molecule has 0 amide bonds. The van der Waals surface area contributed by atoms with E-state index in [2.05, 4.69) is 240 Å². The predicted octanol–water partition coefficient (Wildman–Crippen LogP) is 15.3. The lowest BCUT2D eigenvalue weighted by atomic mass is 9.82. The molecule has 2 heterocycles. The molecule has 0 saturated carbocycles. The van der Waals surface area contributed by atoms with Crippen LogP contribution in [0, 0.1) is 0 Å². The molecule has 60 heavy (non-hydrogen) atoms. The molecule has 0 saturated heterocycles. The third-order valence-corrected chi connectivity index (χ3v) is 12.9. The highest BCUT2D eigenvalue weighted by molar-refractivity contribution is 6.26. The number of hydrogen-bond acceptors (Lipinski definition) is 1. The SMILES string of the molecule is CC1(C)c2ccccc2-c2ccc(N(c3ccccc3)c3ccc(-c4ccc(-n5c6ccccc6c6ccc7c(c8ccccc8n7-c7ccccc7)c65)cc4)cc3)cc21. The number of fused-ring (bicyclic) bond motifs is 10. The van der Waals surface area contributed by atoms with Crippen LogP contribution >= 0.6 is 0 Å². The monoisotopic (exact) mass is 767 g/mol. The molecule has 284 valence electrons. The largest absolute Gasteiger partial charge is 0.310 e. The molecule has 0 atom stereocenters. The molecule has 11 aromatic rings. The van der Waals surface area contributed by atoms with Gasteiger partial charge in [-0.2, -0.15) is 0 Å². The fourth-order valence-electron chi connectivity index (χ4n) is 10.1. The Hall–Kier alpha value is -7.62. The maximum absolute atomic E-state index is 2.47. The molecule has 3 nitrogen and oxygen atoms in total. The normalized spacial score (nSPS) is 13.0. The van der Waals surface area contributed by atoms with Crippen molar-refractivity contribution in [1.29, 1.82) is 0 Å². The molecule has 1 aliphatic carbocycles. The molecule has 0 spiro atoms. The lowest BCUT2D eigenvalue weighted by molar-refractivity contribution is 0.660. The first-order valence-corrected chi connectivity index (χ1v) is 20.9. The summed E-state index contributed by atoms with van der Waals surface area (Å²) in [6.45, 7) is 4.70. The van der Waals surface area contributed by atoms with E-state index in [-0.39, 0.29) is 5.41 Å². The minimum absolute atomic E-state index is 0.0768. The summed E-state index contributed by atoms with van der Waals surface area (Å²) in [6.07, 6.45) is 0. The number of aromatic nitrogens is 2. The summed E-state index contributed by atoms with van der Waals surface area (Å²) in [5.41, 5.74) is 18.3. The van der Waals surface area contributed by atoms with Gasteiger partial charge in [0.2, 0.25) is 0 Å². The van der Waals surface area contributed by atoms with Gasteiger partial charge in [0.1, 0.15) is 0 Å². The standard InChI is InChI=1S/C57H41N3/c1-57(2)50-22-12-9-19-45(50)46-34-33-44(37-51(46)57)58(40-15-5-3-6-16-40)42-29-25-38(26-30-42)39-27-31-43(32-28-39)60-52-23-13-10-20-47(52)48-35-36-54-55(56(48)60)49-21-11-14-24-53(49)59(54)41-17-7-4-8-18-41/h3-37H,1-2H3. The fraction of sp³-hybridized carbons (Fsp3) is 0.0526. The van der Waals surface area contributed by atoms with E-state index in [1.807, 2.05) is 0 Å². The van der Waals surface area contributed by atoms with Crippen LogP contribution in [0.1, 0.15) is 25.0 Å². The Balaban J connectivity index is 0.952. The van der Waals surface area contributed by atoms with Crippen LogP contribution < -0.4 is 4.90 Å². The van der Waals surface area contributed by atoms with Crippen LogP contribution in [-0.2, 0) is 5.41 Å². The van der Waals surface area contributed by atoms with Crippen LogP contribution in [0.3, 0.4) is 0 Å². The van der Waals surface area contributed by atoms with E-state index in [1.165, 1.54) is 77.0 Å². The van der Waals surface area contributed by atoms with Gasteiger partial charge in [0, 0.05) is 55.4 Å². The molecule has 3 heteroatoms. The molecule has 0 bridgehead atoms. The van der Waals surface area contributed by atoms with Gasteiger partial charge in [0.25, 0.3) is 0 Å². The summed E-state index contributed by atoms with van der Waals surface area (Å²) in [7, 11) is 0. The van der Waals surface area contributed by atoms with Crippen LogP contribution in [0.4, 0.5) is 17.1 Å². The van der Waals surface area contributed by atoms with Crippen molar-refractivity contribution in [2.24, 2.45) is 0 Å². The van der Waals surface area contributed by atoms with E-state index < -0.39 is 0 Å². The third-order valence-electron chi connectivity index (χ3n) is 12.9. The van der Waals surface area contributed by atoms with Crippen LogP contribution in [0.25, 0.3) is 77.2 Å². The lowest BCUT2D eigenvalue weighted by Gasteiger charge is -2.28. The highest BCUT2D eigenvalue weighted by Gasteiger charge is 2.35. The van der Waals surface area contributed by atoms with Gasteiger partial charge >= 0.3 is 0 Å². The zero-order chi connectivity index (χ0) is 40.0. The Labute approximate surface area is 349 Å². The number of hydrogen-bond donors (Lipinski definition) is 0. The Kier molecular flexibility index (Phi) is 7.58. The van der Waals surface area contributed by atoms with Gasteiger partial charge in [-0.05, 0) is 112 Å². The zero-order valence-electron chi connectivity index (χ0n) is 33.5. The second kappa shape index (κ2) is 13.2. The van der Waals surface area contributed by atoms with Gasteiger partial charge in [0.05, 0.1) is 22.1 Å². The van der Waals surface area contributed by atoms with Crippen molar-refractivity contribution in [3.63, 3.8) is 0 Å². The third kappa shape index (κ3) is 5.09. The topological polar surface area (TPSA) is 13.1 Å². The molecular weight excluding hydrogens is 727 g/mol.